The Kier molecular flexibility index (Phi) is 33.7. The molecule has 5 nitrogen and oxygen atoms in total. The first kappa shape index (κ1) is 49.5. The molecule has 7 heteroatoms. The quantitative estimate of drug-likeness (QED) is 0.0462. The molecule has 0 heterocycles. The Morgan fingerprint density at radius 1 is 0.587 bits per heavy atom. The van der Waals surface area contributed by atoms with Gasteiger partial charge in [-0.3, -0.25) is 0 Å². The Morgan fingerprint density at radius 2 is 0.891 bits per heavy atom. The summed E-state index contributed by atoms with van der Waals surface area (Å²) in [6.45, 7) is 10.7. The molecule has 0 saturated heterocycles. The predicted octanol–water partition coefficient (Wildman–Crippen LogP) is 7.55. The molecule has 1 aromatic rings. The van der Waals surface area contributed by atoms with Gasteiger partial charge < -0.3 is 25.9 Å². The average molecular weight is 690 g/mol. The number of nitrogens with zero attached hydrogens (tertiary/aromatic N) is 2. The van der Waals surface area contributed by atoms with Crippen molar-refractivity contribution in [3.63, 3.8) is 0 Å². The van der Waals surface area contributed by atoms with E-state index in [1.165, 1.54) is 154 Å². The minimum absolute atomic E-state index is 0. The maximum Gasteiger partial charge on any atom is 0.124 e. The fraction of sp³-hybridized carbons (Fsp3) is 0.795. The van der Waals surface area contributed by atoms with E-state index >= 15 is 0 Å². The van der Waals surface area contributed by atoms with E-state index in [-0.39, 0.29) is 17.3 Å². The van der Waals surface area contributed by atoms with E-state index in [9.17, 15) is 13.0 Å². The third-order valence-corrected chi connectivity index (χ3v) is 8.91. The van der Waals surface area contributed by atoms with E-state index in [0.717, 1.165) is 8.97 Å². The molecule has 0 fully saturated rings. The summed E-state index contributed by atoms with van der Waals surface area (Å²) < 4.78 is 34.5. The summed E-state index contributed by atoms with van der Waals surface area (Å²) in [5.74, 6) is 0. The van der Waals surface area contributed by atoms with Gasteiger partial charge in [-0.25, -0.2) is 8.42 Å². The summed E-state index contributed by atoms with van der Waals surface area (Å²) in [5.41, 5.74) is 0.493. The van der Waals surface area contributed by atoms with Gasteiger partial charge in [-0.1, -0.05) is 141 Å². The van der Waals surface area contributed by atoms with Crippen LogP contribution in [-0.4, -0.2) is 77.3 Å². The molecule has 46 heavy (non-hydrogen) atoms. The van der Waals surface area contributed by atoms with Crippen molar-refractivity contribution in [3.05, 3.63) is 42.5 Å². The summed E-state index contributed by atoms with van der Waals surface area (Å²) in [6, 6.07) is 6.12. The molecule has 0 aliphatic rings. The molecule has 0 spiro atoms. The van der Waals surface area contributed by atoms with Crippen molar-refractivity contribution in [2.75, 3.05) is 55.4 Å². The van der Waals surface area contributed by atoms with E-state index in [1.807, 2.05) is 0 Å². The van der Waals surface area contributed by atoms with E-state index in [1.54, 1.807) is 18.2 Å². The van der Waals surface area contributed by atoms with Crippen LogP contribution in [0.2, 0.25) is 0 Å². The smallest absolute Gasteiger partial charge is 0.124 e. The molecule has 1 rings (SSSR count). The van der Waals surface area contributed by atoms with Gasteiger partial charge in [-0.15, -0.1) is 6.58 Å². The van der Waals surface area contributed by atoms with E-state index in [0.29, 0.717) is 12.0 Å². The lowest BCUT2D eigenvalue weighted by molar-refractivity contribution is -0.870. The van der Waals surface area contributed by atoms with Crippen LogP contribution in [0.3, 0.4) is 0 Å². The van der Waals surface area contributed by atoms with Gasteiger partial charge in [0.25, 0.3) is 0 Å². The molecule has 0 radical (unpaired) electrons. The zero-order valence-electron chi connectivity index (χ0n) is 31.8. The molecule has 0 bridgehead atoms. The number of rotatable bonds is 25. The van der Waals surface area contributed by atoms with E-state index in [2.05, 4.69) is 62.7 Å². The van der Waals surface area contributed by atoms with Crippen LogP contribution in [0.25, 0.3) is 0 Å². The Morgan fingerprint density at radius 3 is 1.17 bits per heavy atom. The molecule has 1 aromatic carbocycles. The molecule has 0 unspecified atom stereocenters. The third kappa shape index (κ3) is 37.5. The minimum Gasteiger partial charge on any atom is -1.00 e. The number of quaternary nitrogens is 2. The van der Waals surface area contributed by atoms with Crippen molar-refractivity contribution in [2.45, 2.75) is 154 Å². The van der Waals surface area contributed by atoms with Gasteiger partial charge in [0, 0.05) is 0 Å². The lowest BCUT2D eigenvalue weighted by Gasteiger charge is -2.23. The van der Waals surface area contributed by atoms with E-state index in [4.69, 9.17) is 0 Å². The van der Waals surface area contributed by atoms with Crippen LogP contribution in [0.5, 0.6) is 0 Å². The van der Waals surface area contributed by atoms with Gasteiger partial charge in [0.1, 0.15) is 10.1 Å². The van der Waals surface area contributed by atoms with Crippen LogP contribution in [0.15, 0.2) is 41.8 Å². The van der Waals surface area contributed by atoms with Crippen LogP contribution < -0.4 is 12.4 Å². The van der Waals surface area contributed by atoms with Crippen molar-refractivity contribution in [3.8, 4) is 0 Å². The second-order valence-corrected chi connectivity index (χ2v) is 16.3. The van der Waals surface area contributed by atoms with Crippen LogP contribution in [-0.2, 0) is 16.5 Å². The average Bonchev–Trinajstić information content (AvgIpc) is 2.94. The van der Waals surface area contributed by atoms with Gasteiger partial charge >= 0.3 is 0 Å². The fourth-order valence-electron chi connectivity index (χ4n) is 5.22. The number of hydrogen-bond acceptors (Lipinski definition) is 3. The summed E-state index contributed by atoms with van der Waals surface area (Å²) in [6.07, 6.45) is 30.8. The summed E-state index contributed by atoms with van der Waals surface area (Å²) >= 11 is 0. The fourth-order valence-corrected chi connectivity index (χ4v) is 5.94. The second kappa shape index (κ2) is 31.4. The maximum atomic E-state index is 10.7. The molecule has 0 atom stereocenters. The molecule has 0 N–H and O–H groups in total. The van der Waals surface area contributed by atoms with Crippen LogP contribution in [0.4, 0.5) is 0 Å². The highest BCUT2D eigenvalue weighted by Crippen LogP contribution is 2.15. The Bertz CT molecular complexity index is 875. The van der Waals surface area contributed by atoms with E-state index < -0.39 is 10.1 Å². The van der Waals surface area contributed by atoms with Crippen molar-refractivity contribution in [1.82, 2.24) is 0 Å². The lowest BCUT2D eigenvalue weighted by Crippen LogP contribution is -3.00. The molecule has 0 saturated carbocycles. The normalized spacial score (nSPS) is 11.5. The first-order valence-electron chi connectivity index (χ1n) is 18.4. The van der Waals surface area contributed by atoms with Crippen molar-refractivity contribution in [1.29, 1.82) is 0 Å². The van der Waals surface area contributed by atoms with Gasteiger partial charge in [0.2, 0.25) is 0 Å². The largest absolute Gasteiger partial charge is 1.00 e. The number of benzene rings is 1. The first-order valence-corrected chi connectivity index (χ1v) is 19.8. The maximum absolute atomic E-state index is 10.7. The van der Waals surface area contributed by atoms with Gasteiger partial charge in [-0.2, -0.15) is 0 Å². The minimum atomic E-state index is -4.35. The van der Waals surface area contributed by atoms with Crippen LogP contribution in [0.1, 0.15) is 148 Å². The molecule has 0 aliphatic carbocycles. The highest BCUT2D eigenvalue weighted by atomic mass is 35.5. The predicted molar refractivity (Wildman–Crippen MR) is 198 cm³/mol. The van der Waals surface area contributed by atoms with Crippen molar-refractivity contribution < 1.29 is 34.3 Å². The SMILES string of the molecule is C=CCc1ccccc1S(=O)(=O)[O-].CCCCCCCCCCCC[N+](C)(C)C.CCCCCCCCCCCC[N+](C)(C)C.[Cl-]. The topological polar surface area (TPSA) is 57.2 Å². The third-order valence-electron chi connectivity index (χ3n) is 7.97. The second-order valence-electron chi connectivity index (χ2n) is 14.9. The lowest BCUT2D eigenvalue weighted by atomic mass is 10.1. The zero-order chi connectivity index (χ0) is 34.5. The summed E-state index contributed by atoms with van der Waals surface area (Å²) in [4.78, 5) is -0.157. The van der Waals surface area contributed by atoms with Crippen LogP contribution in [0, 0.1) is 0 Å². The highest BCUT2D eigenvalue weighted by molar-refractivity contribution is 7.85. The van der Waals surface area contributed by atoms with Crippen molar-refractivity contribution in [2.24, 2.45) is 0 Å². The van der Waals surface area contributed by atoms with Crippen LogP contribution >= 0.6 is 0 Å². The summed E-state index contributed by atoms with van der Waals surface area (Å²) in [7, 11) is 9.36. The zero-order valence-corrected chi connectivity index (χ0v) is 33.3. The molecule has 274 valence electrons. The monoisotopic (exact) mass is 689 g/mol. The van der Waals surface area contributed by atoms with Gasteiger partial charge in [-0.05, 0) is 43.7 Å². The number of hydrogen-bond donors (Lipinski definition) is 0. The number of halogens is 1. The molecule has 0 aliphatic heterocycles. The first-order chi connectivity index (χ1) is 21.2. The number of unbranched alkanes of at least 4 members (excludes halogenated alkanes) is 18. The van der Waals surface area contributed by atoms with Gasteiger partial charge in [0.15, 0.2) is 0 Å². The Hall–Kier alpha value is -0.920. The number of allylic oxidation sites excluding steroid dienone is 1. The Labute approximate surface area is 295 Å². The highest BCUT2D eigenvalue weighted by Gasteiger charge is 2.07. The molecular formula is C39H77ClN2O3S. The Balaban J connectivity index is -0.000000599. The van der Waals surface area contributed by atoms with Crippen molar-refractivity contribution >= 4 is 10.1 Å². The standard InChI is InChI=1S/2C15H34N.C9H10O3S.ClH/c2*1-5-6-7-8-9-10-11-12-13-14-15-16(2,3)4;1-2-5-8-6-3-4-7-9(8)13(10,11)12;/h2*5-15H2,1-4H3;2-4,6-7H,1,5H2,(H,10,11,12);1H/q2*+1;;/p-2. The van der Waals surface area contributed by atoms with Gasteiger partial charge in [0.05, 0.1) is 60.3 Å². The summed E-state index contributed by atoms with van der Waals surface area (Å²) in [5, 5.41) is 0. The molecular weight excluding hydrogens is 612 g/mol. The molecule has 0 amide bonds. The molecule has 0 aromatic heterocycles.